The monoisotopic (exact) mass is 928 g/mol. The zero-order valence-corrected chi connectivity index (χ0v) is 43.3. The predicted octanol–water partition coefficient (Wildman–Crippen LogP) is 15.5. The number of aliphatic hydroxyl groups excluding tert-OH is 1. The second kappa shape index (κ2) is 46.5. The quantitative estimate of drug-likeness (QED) is 0.0243. The number of phosphoric ester groups is 1. The summed E-state index contributed by atoms with van der Waals surface area (Å²) in [5, 5.41) is 13.7. The lowest BCUT2D eigenvalue weighted by Gasteiger charge is -2.26. The summed E-state index contributed by atoms with van der Waals surface area (Å²) >= 11 is 0. The molecule has 3 unspecified atom stereocenters. The van der Waals surface area contributed by atoms with Crippen molar-refractivity contribution >= 4 is 13.7 Å². The Balaban J connectivity index is 3.81. The second-order valence-corrected chi connectivity index (χ2v) is 20.0. The van der Waals surface area contributed by atoms with E-state index >= 15 is 0 Å². The Bertz CT molecular complexity index is 1370. The number of rotatable bonds is 46. The maximum Gasteiger partial charge on any atom is 0.472 e. The molecule has 0 rings (SSSR count). The third kappa shape index (κ3) is 49.2. The van der Waals surface area contributed by atoms with Gasteiger partial charge in [0.2, 0.25) is 5.91 Å². The standard InChI is InChI=1S/C56H99N2O6P/c1-6-8-10-12-13-14-15-16-17-18-19-20-21-22-23-24-25-26-27-28-29-30-31-32-33-34-35-36-37-38-39-40-41-42-43-44-45-46-48-50-56(60)57-54(55(59)49-47-11-9-7-2)53-64-65(61,62)63-52-51-58(3,4)5/h8,10,13-14,16-17,19-20,22-23,25-26,28-29,31-32,54-55,59H,6-7,9,11-12,15,18,21,24,27,30,33-53H2,1-5H3,(H-,57,60,61,62)/p+1/b10-8-,14-13-,17-16-,20-19-,23-22-,26-25-,29-28-,32-31-. The molecule has 0 heterocycles. The molecule has 0 aromatic carbocycles. The van der Waals surface area contributed by atoms with Crippen LogP contribution in [0.1, 0.15) is 200 Å². The van der Waals surface area contributed by atoms with Gasteiger partial charge in [0.1, 0.15) is 13.2 Å². The van der Waals surface area contributed by atoms with Crippen LogP contribution >= 0.6 is 7.82 Å². The normalized spacial score (nSPS) is 14.9. The average molecular weight is 928 g/mol. The van der Waals surface area contributed by atoms with Crippen LogP contribution in [0.4, 0.5) is 0 Å². The van der Waals surface area contributed by atoms with Gasteiger partial charge in [-0.25, -0.2) is 4.57 Å². The number of carbonyl (C=O) groups is 1. The molecule has 0 fully saturated rings. The van der Waals surface area contributed by atoms with Crippen LogP contribution in [0.2, 0.25) is 0 Å². The van der Waals surface area contributed by atoms with Gasteiger partial charge >= 0.3 is 7.82 Å². The number of phosphoric acid groups is 1. The van der Waals surface area contributed by atoms with E-state index in [2.05, 4.69) is 116 Å². The predicted molar refractivity (Wildman–Crippen MR) is 281 cm³/mol. The molecule has 0 aliphatic rings. The molecule has 0 bridgehead atoms. The van der Waals surface area contributed by atoms with Crippen molar-refractivity contribution in [2.75, 3.05) is 40.9 Å². The van der Waals surface area contributed by atoms with Gasteiger partial charge in [-0.15, -0.1) is 0 Å². The second-order valence-electron chi connectivity index (χ2n) is 18.5. The van der Waals surface area contributed by atoms with Crippen LogP contribution in [0.5, 0.6) is 0 Å². The fourth-order valence-corrected chi connectivity index (χ4v) is 7.74. The largest absolute Gasteiger partial charge is 0.472 e. The van der Waals surface area contributed by atoms with Crippen LogP contribution in [0, 0.1) is 0 Å². The molecular formula is C56H100N2O6P+. The fourth-order valence-electron chi connectivity index (χ4n) is 7.00. The van der Waals surface area contributed by atoms with E-state index in [1.807, 2.05) is 21.1 Å². The number of likely N-dealkylation sites (N-methyl/N-ethyl adjacent to an activating group) is 1. The zero-order chi connectivity index (χ0) is 47.8. The SMILES string of the molecule is CC/C=C\C/C=C\C/C=C\C/C=C\C/C=C\C/C=C\C/C=C\C/C=C\CCCCCCCCCCCCCCCCC(=O)NC(COP(=O)(O)OCC[N+](C)(C)C)C(O)CCCCCC. The first-order valence-corrected chi connectivity index (χ1v) is 27.6. The van der Waals surface area contributed by atoms with E-state index in [4.69, 9.17) is 9.05 Å². The maximum absolute atomic E-state index is 12.8. The number of unbranched alkanes of at least 4 members (excludes halogenated alkanes) is 17. The first kappa shape index (κ1) is 62.4. The Morgan fingerprint density at radius 3 is 1.34 bits per heavy atom. The minimum absolute atomic E-state index is 0.0701. The number of hydrogen-bond acceptors (Lipinski definition) is 5. The molecule has 1 amide bonds. The van der Waals surface area contributed by atoms with E-state index in [9.17, 15) is 19.4 Å². The maximum atomic E-state index is 12.8. The molecule has 0 spiro atoms. The fraction of sp³-hybridized carbons (Fsp3) is 0.696. The Labute approximate surface area is 400 Å². The molecular weight excluding hydrogens is 828 g/mol. The highest BCUT2D eigenvalue weighted by atomic mass is 31.2. The highest BCUT2D eigenvalue weighted by Crippen LogP contribution is 2.43. The third-order valence-corrected chi connectivity index (χ3v) is 12.1. The molecule has 0 aliphatic carbocycles. The Morgan fingerprint density at radius 1 is 0.538 bits per heavy atom. The summed E-state index contributed by atoms with van der Waals surface area (Å²) in [7, 11) is 1.60. The number of allylic oxidation sites excluding steroid dienone is 16. The van der Waals surface area contributed by atoms with Crippen molar-refractivity contribution in [3.8, 4) is 0 Å². The van der Waals surface area contributed by atoms with Gasteiger partial charge in [0, 0.05) is 6.42 Å². The Morgan fingerprint density at radius 2 is 0.923 bits per heavy atom. The molecule has 3 N–H and O–H groups in total. The molecule has 9 heteroatoms. The minimum Gasteiger partial charge on any atom is -0.391 e. The van der Waals surface area contributed by atoms with Crippen LogP contribution in [-0.4, -0.2) is 73.4 Å². The van der Waals surface area contributed by atoms with Crippen molar-refractivity contribution in [2.45, 2.75) is 212 Å². The highest BCUT2D eigenvalue weighted by molar-refractivity contribution is 7.47. The average Bonchev–Trinajstić information content (AvgIpc) is 3.26. The lowest BCUT2D eigenvalue weighted by molar-refractivity contribution is -0.870. The van der Waals surface area contributed by atoms with E-state index in [1.54, 1.807) is 0 Å². The lowest BCUT2D eigenvalue weighted by Crippen LogP contribution is -2.46. The summed E-state index contributed by atoms with van der Waals surface area (Å²) in [5.74, 6) is -0.158. The van der Waals surface area contributed by atoms with Crippen LogP contribution < -0.4 is 5.32 Å². The van der Waals surface area contributed by atoms with Gasteiger partial charge in [0.05, 0.1) is 39.9 Å². The van der Waals surface area contributed by atoms with E-state index in [1.165, 1.54) is 77.0 Å². The number of nitrogens with one attached hydrogen (secondary N) is 1. The molecule has 0 aliphatic heterocycles. The van der Waals surface area contributed by atoms with Crippen molar-refractivity contribution in [2.24, 2.45) is 0 Å². The van der Waals surface area contributed by atoms with Gasteiger partial charge in [-0.05, 0) is 77.0 Å². The number of quaternary nitrogens is 1. The number of hydrogen-bond donors (Lipinski definition) is 3. The Hall–Kier alpha value is -2.58. The number of nitrogens with zero attached hydrogens (tertiary/aromatic N) is 1. The number of carbonyl (C=O) groups excluding carboxylic acids is 1. The van der Waals surface area contributed by atoms with Gasteiger partial charge in [-0.2, -0.15) is 0 Å². The summed E-state index contributed by atoms with van der Waals surface area (Å²) in [6, 6.07) is -0.760. The molecule has 0 saturated heterocycles. The van der Waals surface area contributed by atoms with Gasteiger partial charge in [-0.1, -0.05) is 214 Å². The van der Waals surface area contributed by atoms with Crippen molar-refractivity contribution in [1.29, 1.82) is 0 Å². The van der Waals surface area contributed by atoms with E-state index in [0.717, 1.165) is 96.3 Å². The van der Waals surface area contributed by atoms with E-state index < -0.39 is 20.0 Å². The van der Waals surface area contributed by atoms with Crippen molar-refractivity contribution in [3.63, 3.8) is 0 Å². The molecule has 0 aromatic heterocycles. The van der Waals surface area contributed by atoms with Crippen molar-refractivity contribution in [1.82, 2.24) is 5.32 Å². The molecule has 0 aromatic rings. The third-order valence-electron chi connectivity index (χ3n) is 11.1. The lowest BCUT2D eigenvalue weighted by atomic mass is 10.0. The van der Waals surface area contributed by atoms with Gasteiger partial charge in [-0.3, -0.25) is 13.8 Å². The van der Waals surface area contributed by atoms with Crippen LogP contribution in [0.15, 0.2) is 97.2 Å². The molecule has 0 radical (unpaired) electrons. The zero-order valence-electron chi connectivity index (χ0n) is 42.4. The van der Waals surface area contributed by atoms with E-state index in [-0.39, 0.29) is 19.1 Å². The van der Waals surface area contributed by atoms with Gasteiger partial charge < -0.3 is 19.8 Å². The number of aliphatic hydroxyl groups is 1. The van der Waals surface area contributed by atoms with Gasteiger partial charge in [0.15, 0.2) is 0 Å². The molecule has 8 nitrogen and oxygen atoms in total. The molecule has 374 valence electrons. The van der Waals surface area contributed by atoms with Crippen molar-refractivity contribution in [3.05, 3.63) is 97.2 Å². The summed E-state index contributed by atoms with van der Waals surface area (Å²) in [5.41, 5.74) is 0. The van der Waals surface area contributed by atoms with Crippen LogP contribution in [-0.2, 0) is 18.4 Å². The topological polar surface area (TPSA) is 105 Å². The summed E-state index contributed by atoms with van der Waals surface area (Å²) in [6.07, 6.45) is 66.8. The molecule has 3 atom stereocenters. The summed E-state index contributed by atoms with van der Waals surface area (Å²) in [4.78, 5) is 22.9. The molecule has 65 heavy (non-hydrogen) atoms. The van der Waals surface area contributed by atoms with E-state index in [0.29, 0.717) is 23.9 Å². The minimum atomic E-state index is -4.30. The number of amides is 1. The van der Waals surface area contributed by atoms with Crippen LogP contribution in [0.3, 0.4) is 0 Å². The van der Waals surface area contributed by atoms with Crippen LogP contribution in [0.25, 0.3) is 0 Å². The highest BCUT2D eigenvalue weighted by Gasteiger charge is 2.28. The summed E-state index contributed by atoms with van der Waals surface area (Å²) < 4.78 is 23.4. The first-order valence-electron chi connectivity index (χ1n) is 26.1. The smallest absolute Gasteiger partial charge is 0.391 e. The van der Waals surface area contributed by atoms with Crippen molar-refractivity contribution < 1.29 is 32.9 Å². The molecule has 0 saturated carbocycles. The summed E-state index contributed by atoms with van der Waals surface area (Å²) in [6.45, 7) is 4.63. The van der Waals surface area contributed by atoms with Gasteiger partial charge in [0.25, 0.3) is 0 Å². The Kier molecular flexibility index (Phi) is 44.7. The first-order chi connectivity index (χ1) is 31.5.